The summed E-state index contributed by atoms with van der Waals surface area (Å²) in [6.07, 6.45) is 5.25. The molecule has 0 radical (unpaired) electrons. The normalized spacial score (nSPS) is 7.83. The summed E-state index contributed by atoms with van der Waals surface area (Å²) >= 11 is 0. The van der Waals surface area contributed by atoms with E-state index in [1.807, 2.05) is 26.0 Å². The minimum atomic E-state index is 0.894. The number of aromatic nitrogens is 1. The summed E-state index contributed by atoms with van der Waals surface area (Å²) in [6, 6.07) is 3.86. The van der Waals surface area contributed by atoms with Gasteiger partial charge in [0, 0.05) is 6.20 Å². The monoisotopic (exact) mass is 161 g/mol. The number of rotatable bonds is 2. The Balaban J connectivity index is 0.000000561. The molecule has 1 nitrogen and oxygen atoms in total. The topological polar surface area (TPSA) is 12.9 Å². The average Bonchev–Trinajstić information content (AvgIpc) is 2.21. The summed E-state index contributed by atoms with van der Waals surface area (Å²) in [6.45, 7) is 11.2. The van der Waals surface area contributed by atoms with E-state index < -0.39 is 0 Å². The molecule has 64 valence electrons. The van der Waals surface area contributed by atoms with Crippen LogP contribution in [0.1, 0.15) is 25.1 Å². The predicted octanol–water partition coefficient (Wildman–Crippen LogP) is 3.39. The van der Waals surface area contributed by atoms with E-state index in [4.69, 9.17) is 0 Å². The highest BCUT2D eigenvalue weighted by Gasteiger charge is 1.85. The molecule has 0 aliphatic carbocycles. The highest BCUT2D eigenvalue weighted by Crippen LogP contribution is 2.01. The summed E-state index contributed by atoms with van der Waals surface area (Å²) in [7, 11) is 0. The maximum Gasteiger partial charge on any atom is 0.0624 e. The van der Waals surface area contributed by atoms with Crippen LogP contribution in [0, 0.1) is 0 Å². The van der Waals surface area contributed by atoms with Crippen LogP contribution in [-0.4, -0.2) is 4.98 Å². The van der Waals surface area contributed by atoms with Gasteiger partial charge in [0.1, 0.15) is 0 Å². The first-order chi connectivity index (χ1) is 5.86. The molecule has 12 heavy (non-hydrogen) atoms. The highest BCUT2D eigenvalue weighted by atomic mass is 14.7. The Hall–Kier alpha value is -1.37. The summed E-state index contributed by atoms with van der Waals surface area (Å²) in [5.41, 5.74) is 1.93. The predicted molar refractivity (Wildman–Crippen MR) is 55.8 cm³/mol. The van der Waals surface area contributed by atoms with Crippen LogP contribution in [0.5, 0.6) is 0 Å². The molecule has 0 aliphatic heterocycles. The van der Waals surface area contributed by atoms with E-state index in [2.05, 4.69) is 18.1 Å². The second-order valence-corrected chi connectivity index (χ2v) is 1.92. The Bertz CT molecular complexity index is 207. The lowest BCUT2D eigenvalue weighted by Crippen LogP contribution is -1.79. The molecule has 1 heterocycles. The zero-order chi connectivity index (χ0) is 9.40. The zero-order valence-corrected chi connectivity index (χ0v) is 7.75. The van der Waals surface area contributed by atoms with Gasteiger partial charge in [-0.25, -0.2) is 0 Å². The first kappa shape index (κ1) is 10.6. The molecule has 1 aromatic rings. The molecule has 1 aromatic heterocycles. The SMILES string of the molecule is C=Cc1ccc(C=C)nc1.CC. The van der Waals surface area contributed by atoms with Crippen molar-refractivity contribution in [3.8, 4) is 0 Å². The average molecular weight is 161 g/mol. The Morgan fingerprint density at radius 2 is 1.83 bits per heavy atom. The van der Waals surface area contributed by atoms with E-state index in [0.717, 1.165) is 11.3 Å². The summed E-state index contributed by atoms with van der Waals surface area (Å²) < 4.78 is 0. The van der Waals surface area contributed by atoms with Crippen molar-refractivity contribution in [2.24, 2.45) is 0 Å². The Morgan fingerprint density at radius 3 is 2.17 bits per heavy atom. The van der Waals surface area contributed by atoms with Gasteiger partial charge in [0.25, 0.3) is 0 Å². The van der Waals surface area contributed by atoms with Crippen LogP contribution in [-0.2, 0) is 0 Å². The highest BCUT2D eigenvalue weighted by molar-refractivity contribution is 5.49. The van der Waals surface area contributed by atoms with Crippen molar-refractivity contribution in [2.45, 2.75) is 13.8 Å². The Labute approximate surface area is 74.5 Å². The van der Waals surface area contributed by atoms with Crippen LogP contribution in [0.2, 0.25) is 0 Å². The van der Waals surface area contributed by atoms with Crippen LogP contribution in [0.15, 0.2) is 31.5 Å². The smallest absolute Gasteiger partial charge is 0.0624 e. The summed E-state index contributed by atoms with van der Waals surface area (Å²) in [5, 5.41) is 0. The molecule has 0 atom stereocenters. The second kappa shape index (κ2) is 6.35. The molecule has 1 heteroatoms. The van der Waals surface area contributed by atoms with Crippen LogP contribution in [0.25, 0.3) is 12.2 Å². The minimum Gasteiger partial charge on any atom is -0.256 e. The molecule has 0 bridgehead atoms. The largest absolute Gasteiger partial charge is 0.256 e. The van der Waals surface area contributed by atoms with Crippen LogP contribution < -0.4 is 0 Å². The van der Waals surface area contributed by atoms with E-state index in [9.17, 15) is 0 Å². The third-order valence-electron chi connectivity index (χ3n) is 1.25. The Kier molecular flexibility index (Phi) is 5.62. The molecule has 0 N–H and O–H groups in total. The van der Waals surface area contributed by atoms with Crippen molar-refractivity contribution in [3.05, 3.63) is 42.7 Å². The lowest BCUT2D eigenvalue weighted by Gasteiger charge is -1.91. The quantitative estimate of drug-likeness (QED) is 0.647. The molecule has 0 aliphatic rings. The molecule has 0 saturated carbocycles. The standard InChI is InChI=1S/C9H9N.C2H6/c1-3-8-5-6-9(4-2)10-7-8;1-2/h3-7H,1-2H2;1-2H3. The van der Waals surface area contributed by atoms with E-state index in [-0.39, 0.29) is 0 Å². The molecule has 0 saturated heterocycles. The van der Waals surface area contributed by atoms with Crippen LogP contribution in [0.3, 0.4) is 0 Å². The maximum atomic E-state index is 4.08. The third-order valence-corrected chi connectivity index (χ3v) is 1.25. The molecular formula is C11H15N. The van der Waals surface area contributed by atoms with Crippen LogP contribution in [0.4, 0.5) is 0 Å². The van der Waals surface area contributed by atoms with Gasteiger partial charge in [0.2, 0.25) is 0 Å². The van der Waals surface area contributed by atoms with Crippen molar-refractivity contribution in [1.82, 2.24) is 4.98 Å². The van der Waals surface area contributed by atoms with Crippen LogP contribution >= 0.6 is 0 Å². The maximum absolute atomic E-state index is 4.08. The molecule has 0 fully saturated rings. The van der Waals surface area contributed by atoms with Crippen molar-refractivity contribution in [2.75, 3.05) is 0 Å². The molecule has 0 spiro atoms. The number of nitrogens with zero attached hydrogens (tertiary/aromatic N) is 1. The van der Waals surface area contributed by atoms with Gasteiger partial charge in [-0.1, -0.05) is 39.1 Å². The number of hydrogen-bond acceptors (Lipinski definition) is 1. The minimum absolute atomic E-state index is 0.894. The van der Waals surface area contributed by atoms with Gasteiger partial charge in [-0.05, 0) is 17.7 Å². The van der Waals surface area contributed by atoms with E-state index in [0.29, 0.717) is 0 Å². The van der Waals surface area contributed by atoms with E-state index in [1.54, 1.807) is 18.3 Å². The van der Waals surface area contributed by atoms with Gasteiger partial charge in [-0.2, -0.15) is 0 Å². The molecule has 0 amide bonds. The zero-order valence-electron chi connectivity index (χ0n) is 7.75. The first-order valence-electron chi connectivity index (χ1n) is 4.08. The lowest BCUT2D eigenvalue weighted by atomic mass is 10.2. The van der Waals surface area contributed by atoms with Gasteiger partial charge in [-0.15, -0.1) is 0 Å². The van der Waals surface area contributed by atoms with Gasteiger partial charge in [0.15, 0.2) is 0 Å². The van der Waals surface area contributed by atoms with Gasteiger partial charge >= 0.3 is 0 Å². The number of hydrogen-bond donors (Lipinski definition) is 0. The number of pyridine rings is 1. The van der Waals surface area contributed by atoms with Crippen molar-refractivity contribution in [3.63, 3.8) is 0 Å². The molecule has 1 rings (SSSR count). The van der Waals surface area contributed by atoms with Crippen molar-refractivity contribution < 1.29 is 0 Å². The first-order valence-corrected chi connectivity index (χ1v) is 4.08. The fraction of sp³-hybridized carbons (Fsp3) is 0.182. The van der Waals surface area contributed by atoms with E-state index >= 15 is 0 Å². The van der Waals surface area contributed by atoms with Gasteiger partial charge < -0.3 is 0 Å². The second-order valence-electron chi connectivity index (χ2n) is 1.92. The lowest BCUT2D eigenvalue weighted by molar-refractivity contribution is 1.29. The Morgan fingerprint density at radius 1 is 1.17 bits per heavy atom. The molecule has 0 aromatic carbocycles. The van der Waals surface area contributed by atoms with E-state index in [1.165, 1.54) is 0 Å². The third kappa shape index (κ3) is 3.15. The van der Waals surface area contributed by atoms with Gasteiger partial charge in [0.05, 0.1) is 5.69 Å². The summed E-state index contributed by atoms with van der Waals surface area (Å²) in [5.74, 6) is 0. The molecular weight excluding hydrogens is 146 g/mol. The van der Waals surface area contributed by atoms with Gasteiger partial charge in [-0.3, -0.25) is 4.98 Å². The molecule has 0 unspecified atom stereocenters. The summed E-state index contributed by atoms with van der Waals surface area (Å²) in [4.78, 5) is 4.08. The van der Waals surface area contributed by atoms with Crippen molar-refractivity contribution in [1.29, 1.82) is 0 Å². The fourth-order valence-corrected chi connectivity index (χ4v) is 0.658. The fourth-order valence-electron chi connectivity index (χ4n) is 0.658. The van der Waals surface area contributed by atoms with Crippen molar-refractivity contribution >= 4 is 12.2 Å².